The van der Waals surface area contributed by atoms with Gasteiger partial charge in [0.2, 0.25) is 0 Å². The van der Waals surface area contributed by atoms with Crippen LogP contribution >= 0.6 is 0 Å². The van der Waals surface area contributed by atoms with E-state index in [4.69, 9.17) is 0 Å². The van der Waals surface area contributed by atoms with Crippen LogP contribution in [0.5, 0.6) is 0 Å². The van der Waals surface area contributed by atoms with Crippen LogP contribution in [0.15, 0.2) is 291 Å². The van der Waals surface area contributed by atoms with Crippen molar-refractivity contribution >= 4 is 104 Å². The summed E-state index contributed by atoms with van der Waals surface area (Å²) in [7, 11) is 11.0. The molecule has 0 spiro atoms. The molecule has 10 nitrogen and oxygen atoms in total. The summed E-state index contributed by atoms with van der Waals surface area (Å²) < 4.78 is 24.3. The van der Waals surface area contributed by atoms with Gasteiger partial charge < -0.3 is 0 Å². The SMILES string of the molecule is Cc1cccc2c3cccc4c3[n+]3c(c(C)n(C)c3c12)C(C)(C)C4(C)C.Cc1cccc2c3cccc4c3n3c(c(-c5ccccc5)[n+](C)c3c12)C(C)(C)C4(C)C.Cc1cccc2c3cccc4c3n3c(c[n+](C)c3c12)C(C)(C)C4(C)C.Cc1ccccc1-c1n(-c2c(C(C)C)cccc2C(C)C)c2ccccc2[n+]1C.Cc1ccccc1-c1n(-c2ccccc2)c2ccccc2[n+]1C. The molecule has 3 aliphatic rings. The standard InChI is InChI=1S/C29H29N2.C27H31N2.C24H27N2.C23H25N2.C21H19N2/c1-18-12-10-15-20-21-16-11-17-22-25(21)31-26(29(4,5)28(22,2)3)24(19-13-8-7-9-14-19)30(6)27(31)23(18)20;1-18(2)21-14-11-15-22(19(3)4)26(21)29-25-17-10-9-16-24(25)28(6)27(29)23-13-8-7-12-20(23)5;1-14-10-8-11-16-17-12-9-13-18-20(17)26-21(24(5,6)23(18,3)4)15(2)25(7)22(26)19(14)16;1-14-9-7-10-15-16-11-8-12-17-20(16)25-18(23(4,5)22(17,2)3)13-24(6)21(25)19(14)15;1-16-10-6-7-13-18(16)21-22(2)19-14-8-9-15-20(19)23(21)17-11-4-3-5-12-17/h7-17H,1-6H3;7-19H,1-6H3;8-13H,1-7H3;7-13H,1-6H3;3-15H,1-2H3/q5*+1. The first kappa shape index (κ1) is 88.4. The van der Waals surface area contributed by atoms with Crippen molar-refractivity contribution in [2.75, 3.05) is 0 Å². The summed E-state index contributed by atoms with van der Waals surface area (Å²) in [5.74, 6) is 3.33. The van der Waals surface area contributed by atoms with Gasteiger partial charge in [0.25, 0.3) is 28.6 Å². The van der Waals surface area contributed by atoms with E-state index >= 15 is 0 Å². The quantitative estimate of drug-likeness (QED) is 0.113. The number of nitrogens with zero attached hydrogens (tertiary/aromatic N) is 10. The van der Waals surface area contributed by atoms with Gasteiger partial charge in [-0.1, -0.05) is 347 Å². The highest BCUT2D eigenvalue weighted by molar-refractivity contribution is 6.16. The lowest BCUT2D eigenvalue weighted by atomic mass is 9.60. The largest absolute Gasteiger partial charge is 0.295 e. The first-order chi connectivity index (χ1) is 63.9. The topological polar surface area (TPSA) is 43.2 Å². The molecule has 672 valence electrons. The molecule has 134 heavy (non-hydrogen) atoms. The van der Waals surface area contributed by atoms with E-state index in [2.05, 4.69) is 524 Å². The second kappa shape index (κ2) is 31.8. The molecule has 3 aliphatic heterocycles. The highest BCUT2D eigenvalue weighted by Crippen LogP contribution is 2.56. The zero-order valence-corrected chi connectivity index (χ0v) is 83.8. The Hall–Kier alpha value is -13.6. The molecule has 0 N–H and O–H groups in total. The van der Waals surface area contributed by atoms with Crippen LogP contribution in [0.25, 0.3) is 149 Å². The second-order valence-corrected chi connectivity index (χ2v) is 42.5. The highest BCUT2D eigenvalue weighted by Gasteiger charge is 2.55. The van der Waals surface area contributed by atoms with E-state index < -0.39 is 0 Å². The maximum Gasteiger partial charge on any atom is 0.295 e. The van der Waals surface area contributed by atoms with Crippen molar-refractivity contribution in [1.29, 1.82) is 0 Å². The van der Waals surface area contributed by atoms with Crippen LogP contribution < -0.4 is 22.7 Å². The number of imidazole rings is 5. The average Bonchev–Trinajstić information content (AvgIpc) is 1.53. The molecule has 0 amide bonds. The smallest absolute Gasteiger partial charge is 0.232 e. The number of hydrogen-bond donors (Lipinski definition) is 0. The fourth-order valence-electron chi connectivity index (χ4n) is 23.8. The number of hydrogen-bond acceptors (Lipinski definition) is 0. The molecule has 0 saturated carbocycles. The minimum atomic E-state index is -0.0556. The molecule has 0 radical (unpaired) electrons. The van der Waals surface area contributed by atoms with E-state index in [0.717, 1.165) is 0 Å². The number of aromatic nitrogens is 10. The van der Waals surface area contributed by atoms with E-state index in [9.17, 15) is 0 Å². The summed E-state index contributed by atoms with van der Waals surface area (Å²) in [5, 5.41) is 12.3. The Morgan fingerprint density at radius 2 is 0.716 bits per heavy atom. The minimum absolute atomic E-state index is 0.0121. The summed E-state index contributed by atoms with van der Waals surface area (Å²) in [6, 6.07) is 104. The van der Waals surface area contributed by atoms with Crippen molar-refractivity contribution < 1.29 is 22.7 Å². The van der Waals surface area contributed by atoms with Gasteiger partial charge in [0.1, 0.15) is 39.8 Å². The first-order valence-corrected chi connectivity index (χ1v) is 48.4. The van der Waals surface area contributed by atoms with Gasteiger partial charge in [0.05, 0.1) is 62.5 Å². The van der Waals surface area contributed by atoms with E-state index in [1.807, 2.05) is 0 Å². The third kappa shape index (κ3) is 12.6. The van der Waals surface area contributed by atoms with Crippen molar-refractivity contribution in [3.63, 3.8) is 0 Å². The molecule has 10 heteroatoms. The molecular weight excluding hydrogens is 1630 g/mol. The molecule has 24 rings (SSSR count). The lowest BCUT2D eigenvalue weighted by Gasteiger charge is -2.43. The van der Waals surface area contributed by atoms with Crippen molar-refractivity contribution in [3.8, 4) is 45.4 Å². The molecule has 0 bridgehead atoms. The number of fused-ring (bicyclic) bond motifs is 11. The normalized spacial score (nSPS) is 15.0. The third-order valence-electron chi connectivity index (χ3n) is 33.1. The summed E-state index contributed by atoms with van der Waals surface area (Å²) in [4.78, 5) is 0. The average molecular weight is 1760 g/mol. The van der Waals surface area contributed by atoms with Crippen LogP contribution in [-0.2, 0) is 67.7 Å². The van der Waals surface area contributed by atoms with Gasteiger partial charge in [-0.2, -0.15) is 22.3 Å². The lowest BCUT2D eigenvalue weighted by Crippen LogP contribution is -2.51. The fraction of sp³-hybridized carbons (Fsp3) is 0.282. The molecule has 0 unspecified atom stereocenters. The molecule has 0 aliphatic carbocycles. The van der Waals surface area contributed by atoms with Gasteiger partial charge in [-0.05, 0) is 123 Å². The van der Waals surface area contributed by atoms with Crippen LogP contribution in [0, 0.1) is 41.5 Å². The zero-order chi connectivity index (χ0) is 94.5. The van der Waals surface area contributed by atoms with Gasteiger partial charge >= 0.3 is 0 Å². The number of aryl methyl sites for hydroxylation is 10. The Balaban J connectivity index is 0.000000104. The lowest BCUT2D eigenvalue weighted by molar-refractivity contribution is -0.643. The van der Waals surface area contributed by atoms with Crippen LogP contribution in [0.4, 0.5) is 0 Å². The summed E-state index contributed by atoms with van der Waals surface area (Å²) in [6.07, 6.45) is 2.35. The van der Waals surface area contributed by atoms with Crippen molar-refractivity contribution in [3.05, 3.63) is 370 Å². The number of benzene rings is 13. The van der Waals surface area contributed by atoms with E-state index in [1.165, 1.54) is 228 Å². The number of pyridine rings is 3. The van der Waals surface area contributed by atoms with E-state index in [-0.39, 0.29) is 32.5 Å². The Morgan fingerprint density at radius 1 is 0.321 bits per heavy atom. The predicted molar refractivity (Wildman–Crippen MR) is 561 cm³/mol. The van der Waals surface area contributed by atoms with Crippen LogP contribution in [-0.4, -0.2) is 22.5 Å². The molecule has 8 aromatic heterocycles. The van der Waals surface area contributed by atoms with Crippen molar-refractivity contribution in [2.24, 2.45) is 35.2 Å². The maximum atomic E-state index is 2.59. The Labute approximate surface area is 791 Å². The number of para-hydroxylation sites is 9. The van der Waals surface area contributed by atoms with Gasteiger partial charge in [0.15, 0.2) is 44.8 Å². The second-order valence-electron chi connectivity index (χ2n) is 42.5. The molecule has 21 aromatic rings. The van der Waals surface area contributed by atoms with Crippen molar-refractivity contribution in [1.82, 2.24) is 22.5 Å². The van der Waals surface area contributed by atoms with Crippen molar-refractivity contribution in [2.45, 2.75) is 197 Å². The molecule has 13 aromatic carbocycles. The summed E-state index contributed by atoms with van der Waals surface area (Å²) in [5.41, 5.74) is 40.2. The third-order valence-corrected chi connectivity index (χ3v) is 33.1. The molecule has 11 heterocycles. The fourth-order valence-corrected chi connectivity index (χ4v) is 23.8. The molecule has 0 saturated heterocycles. The van der Waals surface area contributed by atoms with Crippen LogP contribution in [0.2, 0.25) is 0 Å². The molecule has 0 atom stereocenters. The van der Waals surface area contributed by atoms with Gasteiger partial charge in [-0.25, -0.2) is 22.8 Å². The molecule has 0 fully saturated rings. The van der Waals surface area contributed by atoms with E-state index in [0.29, 0.717) is 11.8 Å². The Kier molecular flexibility index (Phi) is 21.0. The van der Waals surface area contributed by atoms with Crippen LogP contribution in [0.3, 0.4) is 0 Å². The van der Waals surface area contributed by atoms with Gasteiger partial charge in [-0.3, -0.25) is 0 Å². The Morgan fingerprint density at radius 3 is 1.24 bits per heavy atom. The predicted octanol–water partition coefficient (Wildman–Crippen LogP) is 27.9. The summed E-state index contributed by atoms with van der Waals surface area (Å²) >= 11 is 0. The highest BCUT2D eigenvalue weighted by atomic mass is 15.2. The minimum Gasteiger partial charge on any atom is -0.232 e. The maximum absolute atomic E-state index is 2.59. The Bertz CT molecular complexity index is 8400. The zero-order valence-electron chi connectivity index (χ0n) is 83.8. The van der Waals surface area contributed by atoms with Crippen LogP contribution in [0.1, 0.15) is 201 Å². The molecular formula is C124H131N10+5. The van der Waals surface area contributed by atoms with E-state index in [1.54, 1.807) is 0 Å². The first-order valence-electron chi connectivity index (χ1n) is 48.4. The van der Waals surface area contributed by atoms with Gasteiger partial charge in [0, 0.05) is 105 Å². The monoisotopic (exact) mass is 1760 g/mol. The van der Waals surface area contributed by atoms with Gasteiger partial charge in [-0.15, -0.1) is 0 Å². The number of rotatable bonds is 7. The summed E-state index contributed by atoms with van der Waals surface area (Å²) in [6.45, 7) is 51.4.